The van der Waals surface area contributed by atoms with Gasteiger partial charge in [-0.15, -0.1) is 0 Å². The minimum atomic E-state index is -0.594. The van der Waals surface area contributed by atoms with Crippen LogP contribution in [-0.2, 0) is 16.0 Å². The van der Waals surface area contributed by atoms with Crippen LogP contribution in [-0.4, -0.2) is 71.9 Å². The first-order chi connectivity index (χ1) is 19.0. The number of aromatic nitrogens is 1. The van der Waals surface area contributed by atoms with Crippen molar-refractivity contribution in [3.05, 3.63) is 64.8 Å². The van der Waals surface area contributed by atoms with Crippen molar-refractivity contribution in [3.8, 4) is 5.75 Å². The van der Waals surface area contributed by atoms with Gasteiger partial charge < -0.3 is 14.2 Å². The van der Waals surface area contributed by atoms with E-state index in [1.54, 1.807) is 17.9 Å². The molecule has 1 saturated heterocycles. The molecule has 0 N–H and O–H groups in total. The largest absolute Gasteiger partial charge is 0.496 e. The molecule has 0 aliphatic carbocycles. The minimum absolute atomic E-state index is 0.114. The lowest BCUT2D eigenvalue weighted by atomic mass is 9.97. The van der Waals surface area contributed by atoms with Crippen molar-refractivity contribution in [2.24, 2.45) is 0 Å². The molecule has 0 bridgehead atoms. The van der Waals surface area contributed by atoms with Crippen LogP contribution in [0.5, 0.6) is 5.75 Å². The van der Waals surface area contributed by atoms with Crippen molar-refractivity contribution in [1.82, 2.24) is 14.4 Å². The van der Waals surface area contributed by atoms with E-state index in [1.807, 2.05) is 64.1 Å². The predicted molar refractivity (Wildman–Crippen MR) is 157 cm³/mol. The normalized spacial score (nSPS) is 17.6. The van der Waals surface area contributed by atoms with Crippen LogP contribution >= 0.6 is 0 Å². The van der Waals surface area contributed by atoms with Gasteiger partial charge in [0.05, 0.1) is 25.3 Å². The Morgan fingerprint density at radius 2 is 1.77 bits per heavy atom. The van der Waals surface area contributed by atoms with Gasteiger partial charge >= 0.3 is 12.1 Å². The molecule has 40 heavy (non-hydrogen) atoms. The standard InChI is InChI=1S/C32H43N3O5/c1-9-22(3)33-16-17-34(27(20-33)23-10-12-24(13-11-23)30(36)39-8)19-26-25-14-15-35(31(37)40-32(4,5)6)29(25)21(2)18-28(26)38-7/h10-15,18,22,27H,9,16-17,19-20H2,1-8H3. The third kappa shape index (κ3) is 6.18. The number of aryl methyl sites for hydroxylation is 1. The quantitative estimate of drug-likeness (QED) is 0.326. The number of ether oxygens (including phenoxy) is 3. The maximum absolute atomic E-state index is 13.1. The van der Waals surface area contributed by atoms with Crippen LogP contribution in [0.15, 0.2) is 42.6 Å². The van der Waals surface area contributed by atoms with E-state index < -0.39 is 11.7 Å². The van der Waals surface area contributed by atoms with E-state index in [9.17, 15) is 9.59 Å². The molecule has 216 valence electrons. The molecule has 0 radical (unpaired) electrons. The molecule has 2 heterocycles. The third-order valence-corrected chi connectivity index (χ3v) is 7.85. The number of hydrogen-bond acceptors (Lipinski definition) is 7. The zero-order valence-corrected chi connectivity index (χ0v) is 25.1. The van der Waals surface area contributed by atoms with Gasteiger partial charge in [-0.2, -0.15) is 0 Å². The van der Waals surface area contributed by atoms with Crippen molar-refractivity contribution < 1.29 is 23.8 Å². The zero-order valence-electron chi connectivity index (χ0n) is 25.1. The highest BCUT2D eigenvalue weighted by molar-refractivity contribution is 5.95. The Bertz CT molecular complexity index is 1360. The monoisotopic (exact) mass is 549 g/mol. The third-order valence-electron chi connectivity index (χ3n) is 7.85. The van der Waals surface area contributed by atoms with Crippen molar-refractivity contribution in [1.29, 1.82) is 0 Å². The molecule has 4 rings (SSSR count). The Kier molecular flexibility index (Phi) is 8.90. The number of methoxy groups -OCH3 is 2. The van der Waals surface area contributed by atoms with Crippen LogP contribution in [0.25, 0.3) is 10.9 Å². The van der Waals surface area contributed by atoms with Gasteiger partial charge in [-0.3, -0.25) is 14.4 Å². The summed E-state index contributed by atoms with van der Waals surface area (Å²) in [4.78, 5) is 30.1. The molecule has 0 amide bonds. The molecule has 1 aliphatic rings. The summed E-state index contributed by atoms with van der Waals surface area (Å²) >= 11 is 0. The topological polar surface area (TPSA) is 73.2 Å². The maximum Gasteiger partial charge on any atom is 0.419 e. The molecule has 1 aliphatic heterocycles. The lowest BCUT2D eigenvalue weighted by Gasteiger charge is -2.44. The summed E-state index contributed by atoms with van der Waals surface area (Å²) in [6, 6.07) is 12.3. The van der Waals surface area contributed by atoms with Gasteiger partial charge in [0.2, 0.25) is 0 Å². The molecule has 1 aromatic heterocycles. The number of piperazine rings is 1. The molecule has 1 fully saturated rings. The fourth-order valence-corrected chi connectivity index (χ4v) is 5.54. The van der Waals surface area contributed by atoms with Crippen molar-refractivity contribution >= 4 is 23.0 Å². The molecule has 0 spiro atoms. The first-order valence-corrected chi connectivity index (χ1v) is 14.0. The van der Waals surface area contributed by atoms with Crippen molar-refractivity contribution in [2.75, 3.05) is 33.9 Å². The fraction of sp³-hybridized carbons (Fsp3) is 0.500. The van der Waals surface area contributed by atoms with Crippen LogP contribution < -0.4 is 4.74 Å². The summed E-state index contributed by atoms with van der Waals surface area (Å²) in [6.45, 7) is 15.5. The molecule has 2 atom stereocenters. The summed E-state index contributed by atoms with van der Waals surface area (Å²) in [7, 11) is 3.09. The number of esters is 1. The second kappa shape index (κ2) is 12.0. The van der Waals surface area contributed by atoms with Gasteiger partial charge in [0, 0.05) is 55.4 Å². The average molecular weight is 550 g/mol. The summed E-state index contributed by atoms with van der Waals surface area (Å²) in [5, 5.41) is 0.979. The van der Waals surface area contributed by atoms with Gasteiger partial charge in [0.1, 0.15) is 11.4 Å². The molecule has 0 saturated carbocycles. The number of rotatable bonds is 7. The van der Waals surface area contributed by atoms with Crippen LogP contribution in [0.2, 0.25) is 0 Å². The Morgan fingerprint density at radius 1 is 1.07 bits per heavy atom. The molecule has 8 nitrogen and oxygen atoms in total. The van der Waals surface area contributed by atoms with E-state index in [1.165, 1.54) is 7.11 Å². The number of carbonyl (C=O) groups excluding carboxylic acids is 2. The van der Waals surface area contributed by atoms with Crippen LogP contribution in [0.1, 0.15) is 74.1 Å². The minimum Gasteiger partial charge on any atom is -0.496 e. The average Bonchev–Trinajstić information content (AvgIpc) is 3.39. The number of carbonyl (C=O) groups is 2. The first kappa shape index (κ1) is 29.6. The molecule has 3 aromatic rings. The Morgan fingerprint density at radius 3 is 2.38 bits per heavy atom. The highest BCUT2D eigenvalue weighted by atomic mass is 16.6. The molecular formula is C32H43N3O5. The first-order valence-electron chi connectivity index (χ1n) is 14.0. The Hall–Kier alpha value is -3.36. The van der Waals surface area contributed by atoms with E-state index in [4.69, 9.17) is 14.2 Å². The predicted octanol–water partition coefficient (Wildman–Crippen LogP) is 6.19. The highest BCUT2D eigenvalue weighted by Gasteiger charge is 2.32. The lowest BCUT2D eigenvalue weighted by molar-refractivity contribution is 0.0451. The SMILES string of the molecule is CCC(C)N1CCN(Cc2c(OC)cc(C)c3c2ccn3C(=O)OC(C)(C)C)C(c2ccc(C(=O)OC)cc2)C1. The van der Waals surface area contributed by atoms with E-state index in [2.05, 4.69) is 23.6 Å². The Balaban J connectivity index is 1.74. The molecular weight excluding hydrogens is 506 g/mol. The lowest BCUT2D eigenvalue weighted by Crippen LogP contribution is -2.50. The van der Waals surface area contributed by atoms with Gasteiger partial charge in [-0.1, -0.05) is 19.1 Å². The Labute approximate surface area is 237 Å². The van der Waals surface area contributed by atoms with Crippen LogP contribution in [0, 0.1) is 6.92 Å². The summed E-state index contributed by atoms with van der Waals surface area (Å²) < 4.78 is 18.1. The fourth-order valence-electron chi connectivity index (χ4n) is 5.54. The second-order valence-electron chi connectivity index (χ2n) is 11.7. The van der Waals surface area contributed by atoms with E-state index in [0.29, 0.717) is 18.2 Å². The molecule has 8 heteroatoms. The van der Waals surface area contributed by atoms with Gasteiger partial charge in [0.15, 0.2) is 0 Å². The van der Waals surface area contributed by atoms with E-state index >= 15 is 0 Å². The van der Waals surface area contributed by atoms with Crippen molar-refractivity contribution in [2.45, 2.75) is 72.2 Å². The van der Waals surface area contributed by atoms with Crippen LogP contribution in [0.3, 0.4) is 0 Å². The smallest absolute Gasteiger partial charge is 0.419 e. The number of benzene rings is 2. The highest BCUT2D eigenvalue weighted by Crippen LogP contribution is 2.36. The number of fused-ring (bicyclic) bond motifs is 1. The van der Waals surface area contributed by atoms with E-state index in [-0.39, 0.29) is 12.0 Å². The number of nitrogens with zero attached hydrogens (tertiary/aromatic N) is 3. The molecule has 2 aromatic carbocycles. The van der Waals surface area contributed by atoms with Crippen LogP contribution in [0.4, 0.5) is 4.79 Å². The second-order valence-corrected chi connectivity index (χ2v) is 11.7. The maximum atomic E-state index is 13.1. The zero-order chi connectivity index (χ0) is 29.2. The number of hydrogen-bond donors (Lipinski definition) is 0. The van der Waals surface area contributed by atoms with Gasteiger partial charge in [-0.25, -0.2) is 9.59 Å². The molecule has 2 unspecified atom stereocenters. The van der Waals surface area contributed by atoms with Gasteiger partial charge in [-0.05, 0) is 76.4 Å². The summed E-state index contributed by atoms with van der Waals surface area (Å²) in [5.74, 6) is 0.464. The van der Waals surface area contributed by atoms with Crippen molar-refractivity contribution in [3.63, 3.8) is 0 Å². The van der Waals surface area contributed by atoms with E-state index in [0.717, 1.165) is 59.4 Å². The summed E-state index contributed by atoms with van der Waals surface area (Å²) in [6.07, 6.45) is 2.48. The van der Waals surface area contributed by atoms with Gasteiger partial charge in [0.25, 0.3) is 0 Å². The summed E-state index contributed by atoms with van der Waals surface area (Å²) in [5.41, 5.74) is 3.92.